The minimum atomic E-state index is -0.551. The molecular formula is C23H23N3O3. The molecule has 1 heterocycles. The number of hydrogen-bond donors (Lipinski definition) is 2. The molecule has 2 aromatic rings. The molecule has 0 unspecified atom stereocenters. The first-order chi connectivity index (χ1) is 14.0. The van der Waals surface area contributed by atoms with Crippen molar-refractivity contribution in [1.29, 1.82) is 0 Å². The second-order valence-electron chi connectivity index (χ2n) is 7.48. The lowest BCUT2D eigenvalue weighted by atomic mass is 9.92. The molecule has 1 fully saturated rings. The van der Waals surface area contributed by atoms with Crippen LogP contribution in [0.3, 0.4) is 0 Å². The first kappa shape index (κ1) is 18.9. The Morgan fingerprint density at radius 1 is 1.03 bits per heavy atom. The number of rotatable bonds is 5. The predicted molar refractivity (Wildman–Crippen MR) is 110 cm³/mol. The molecule has 2 aliphatic rings. The minimum absolute atomic E-state index is 0.105. The zero-order valence-corrected chi connectivity index (χ0v) is 16.1. The highest BCUT2D eigenvalue weighted by molar-refractivity contribution is 6.02. The van der Waals surface area contributed by atoms with Crippen LogP contribution in [-0.2, 0) is 22.6 Å². The van der Waals surface area contributed by atoms with E-state index in [1.54, 1.807) is 29.2 Å². The van der Waals surface area contributed by atoms with E-state index < -0.39 is 6.04 Å². The van der Waals surface area contributed by atoms with Crippen molar-refractivity contribution in [3.8, 4) is 0 Å². The number of carbonyl (C=O) groups is 3. The van der Waals surface area contributed by atoms with Crippen molar-refractivity contribution < 1.29 is 14.4 Å². The Labute approximate surface area is 169 Å². The largest absolute Gasteiger partial charge is 0.352 e. The fraction of sp³-hybridized carbons (Fsp3) is 0.261. The number of carbonyl (C=O) groups excluding carboxylic acids is 3. The van der Waals surface area contributed by atoms with Gasteiger partial charge in [-0.2, -0.15) is 0 Å². The molecule has 148 valence electrons. The average Bonchev–Trinajstić information content (AvgIpc) is 3.56. The Kier molecular flexibility index (Phi) is 5.16. The molecule has 6 nitrogen and oxygen atoms in total. The van der Waals surface area contributed by atoms with Gasteiger partial charge in [-0.05, 0) is 48.2 Å². The summed E-state index contributed by atoms with van der Waals surface area (Å²) in [4.78, 5) is 39.4. The average molecular weight is 389 g/mol. The number of amides is 3. The maximum atomic E-state index is 13.3. The zero-order chi connectivity index (χ0) is 20.4. The first-order valence-corrected chi connectivity index (χ1v) is 9.77. The van der Waals surface area contributed by atoms with Crippen LogP contribution in [0.4, 0.5) is 5.69 Å². The fourth-order valence-electron chi connectivity index (χ4n) is 3.58. The maximum Gasteiger partial charge on any atom is 0.254 e. The number of fused-ring (bicyclic) bond motifs is 1. The van der Waals surface area contributed by atoms with Crippen molar-refractivity contribution in [2.45, 2.75) is 37.9 Å². The molecule has 0 spiro atoms. The van der Waals surface area contributed by atoms with E-state index in [4.69, 9.17) is 0 Å². The third-order valence-corrected chi connectivity index (χ3v) is 5.30. The third kappa shape index (κ3) is 4.21. The smallest absolute Gasteiger partial charge is 0.254 e. The summed E-state index contributed by atoms with van der Waals surface area (Å²) in [5, 5.41) is 5.70. The van der Waals surface area contributed by atoms with Crippen molar-refractivity contribution in [3.05, 3.63) is 77.9 Å². The van der Waals surface area contributed by atoms with E-state index in [1.165, 1.54) is 6.08 Å². The number of benzene rings is 2. The van der Waals surface area contributed by atoms with Crippen LogP contribution in [0, 0.1) is 0 Å². The maximum absolute atomic E-state index is 13.3. The molecule has 2 N–H and O–H groups in total. The van der Waals surface area contributed by atoms with E-state index in [-0.39, 0.29) is 23.8 Å². The molecule has 0 aromatic heterocycles. The van der Waals surface area contributed by atoms with Crippen LogP contribution in [0.2, 0.25) is 0 Å². The van der Waals surface area contributed by atoms with Gasteiger partial charge in [0.05, 0.1) is 0 Å². The molecule has 1 aliphatic heterocycles. The lowest BCUT2D eigenvalue weighted by Crippen LogP contribution is -2.53. The van der Waals surface area contributed by atoms with Gasteiger partial charge in [-0.25, -0.2) is 0 Å². The van der Waals surface area contributed by atoms with Crippen molar-refractivity contribution in [3.63, 3.8) is 0 Å². The molecule has 6 heteroatoms. The number of nitrogens with zero attached hydrogens (tertiary/aromatic N) is 1. The first-order valence-electron chi connectivity index (χ1n) is 9.77. The fourth-order valence-corrected chi connectivity index (χ4v) is 3.58. The summed E-state index contributed by atoms with van der Waals surface area (Å²) in [5.41, 5.74) is 3.08. The van der Waals surface area contributed by atoms with E-state index >= 15 is 0 Å². The van der Waals surface area contributed by atoms with Crippen LogP contribution in [-0.4, -0.2) is 34.7 Å². The molecule has 0 saturated heterocycles. The van der Waals surface area contributed by atoms with Gasteiger partial charge in [-0.3, -0.25) is 14.4 Å². The lowest BCUT2D eigenvalue weighted by molar-refractivity contribution is -0.126. The monoisotopic (exact) mass is 389 g/mol. The molecule has 1 aliphatic carbocycles. The molecule has 29 heavy (non-hydrogen) atoms. The molecule has 0 radical (unpaired) electrons. The summed E-state index contributed by atoms with van der Waals surface area (Å²) < 4.78 is 0. The van der Waals surface area contributed by atoms with Crippen molar-refractivity contribution in [1.82, 2.24) is 10.2 Å². The molecule has 1 atom stereocenters. The van der Waals surface area contributed by atoms with Gasteiger partial charge in [0.15, 0.2) is 0 Å². The molecule has 4 rings (SSSR count). The SMILES string of the molecule is C=CC(=O)Nc1cccc(C(=O)N2Cc3ccccc3C[C@@H]2C(=O)NC2CC2)c1. The van der Waals surface area contributed by atoms with Gasteiger partial charge in [0.25, 0.3) is 5.91 Å². The summed E-state index contributed by atoms with van der Waals surface area (Å²) in [6, 6.07) is 14.3. The standard InChI is InChI=1S/C23H23N3O3/c1-2-21(27)24-19-9-5-8-16(12-19)23(29)26-14-17-7-4-3-6-15(17)13-20(26)22(28)25-18-10-11-18/h2-9,12,18,20H,1,10-11,13-14H2,(H,24,27)(H,25,28)/t20-/m1/s1. The highest BCUT2D eigenvalue weighted by Crippen LogP contribution is 2.27. The van der Waals surface area contributed by atoms with Gasteiger partial charge >= 0.3 is 0 Å². The minimum Gasteiger partial charge on any atom is -0.352 e. The normalized spacial score (nSPS) is 17.8. The van der Waals surface area contributed by atoms with Crippen molar-refractivity contribution in [2.75, 3.05) is 5.32 Å². The van der Waals surface area contributed by atoms with Gasteiger partial charge < -0.3 is 15.5 Å². The number of nitrogens with one attached hydrogen (secondary N) is 2. The molecule has 1 saturated carbocycles. The highest BCUT2D eigenvalue weighted by Gasteiger charge is 2.37. The third-order valence-electron chi connectivity index (χ3n) is 5.30. The Morgan fingerprint density at radius 2 is 1.79 bits per heavy atom. The van der Waals surface area contributed by atoms with Gasteiger partial charge in [0, 0.05) is 30.3 Å². The van der Waals surface area contributed by atoms with Crippen LogP contribution in [0.5, 0.6) is 0 Å². The number of anilines is 1. The summed E-state index contributed by atoms with van der Waals surface area (Å²) in [6.07, 6.45) is 3.66. The Hall–Kier alpha value is -3.41. The van der Waals surface area contributed by atoms with Gasteiger partial charge in [-0.1, -0.05) is 36.9 Å². The topological polar surface area (TPSA) is 78.5 Å². The van der Waals surface area contributed by atoms with E-state index in [1.807, 2.05) is 24.3 Å². The van der Waals surface area contributed by atoms with Crippen LogP contribution < -0.4 is 10.6 Å². The van der Waals surface area contributed by atoms with Crippen molar-refractivity contribution >= 4 is 23.4 Å². The summed E-state index contributed by atoms with van der Waals surface area (Å²) in [6.45, 7) is 3.81. The van der Waals surface area contributed by atoms with Crippen LogP contribution in [0.15, 0.2) is 61.2 Å². The summed E-state index contributed by atoms with van der Waals surface area (Å²) in [7, 11) is 0. The summed E-state index contributed by atoms with van der Waals surface area (Å²) in [5.74, 6) is -0.681. The van der Waals surface area contributed by atoms with E-state index in [0.29, 0.717) is 24.2 Å². The lowest BCUT2D eigenvalue weighted by Gasteiger charge is -2.36. The Bertz CT molecular complexity index is 981. The van der Waals surface area contributed by atoms with Crippen molar-refractivity contribution in [2.24, 2.45) is 0 Å². The highest BCUT2D eigenvalue weighted by atomic mass is 16.2. The molecule has 3 amide bonds. The molecular weight excluding hydrogens is 366 g/mol. The van der Waals surface area contributed by atoms with Gasteiger partial charge in [0.1, 0.15) is 6.04 Å². The van der Waals surface area contributed by atoms with E-state index in [9.17, 15) is 14.4 Å². The second kappa shape index (κ2) is 7.91. The molecule has 2 aromatic carbocycles. The van der Waals surface area contributed by atoms with Crippen LogP contribution in [0.25, 0.3) is 0 Å². The number of hydrogen-bond acceptors (Lipinski definition) is 3. The van der Waals surface area contributed by atoms with E-state index in [0.717, 1.165) is 24.0 Å². The van der Waals surface area contributed by atoms with E-state index in [2.05, 4.69) is 17.2 Å². The van der Waals surface area contributed by atoms with Gasteiger partial charge in [-0.15, -0.1) is 0 Å². The Morgan fingerprint density at radius 3 is 2.52 bits per heavy atom. The predicted octanol–water partition coefficient (Wildman–Crippen LogP) is 2.66. The Balaban J connectivity index is 1.62. The van der Waals surface area contributed by atoms with Crippen LogP contribution >= 0.6 is 0 Å². The zero-order valence-electron chi connectivity index (χ0n) is 16.1. The van der Waals surface area contributed by atoms with Crippen LogP contribution in [0.1, 0.15) is 34.3 Å². The molecule has 0 bridgehead atoms. The summed E-state index contributed by atoms with van der Waals surface area (Å²) >= 11 is 0. The second-order valence-corrected chi connectivity index (χ2v) is 7.48. The quantitative estimate of drug-likeness (QED) is 0.772. The van der Waals surface area contributed by atoms with Gasteiger partial charge in [0.2, 0.25) is 11.8 Å².